The Morgan fingerprint density at radius 2 is 1.79 bits per heavy atom. The molecule has 3 nitrogen and oxygen atoms in total. The number of hydrogen-bond donors (Lipinski definition) is 3. The van der Waals surface area contributed by atoms with Crippen molar-refractivity contribution in [1.82, 2.24) is 5.32 Å². The molecule has 0 heterocycles. The Morgan fingerprint density at radius 1 is 1.11 bits per heavy atom. The van der Waals surface area contributed by atoms with Gasteiger partial charge in [0.1, 0.15) is 17.3 Å². The Balaban J connectivity index is 2.00. The van der Waals surface area contributed by atoms with Gasteiger partial charge in [0.15, 0.2) is 0 Å². The summed E-state index contributed by atoms with van der Waals surface area (Å²) in [6.07, 6.45) is 0. The third-order valence-corrected chi connectivity index (χ3v) is 3.04. The van der Waals surface area contributed by atoms with E-state index in [2.05, 4.69) is 5.32 Å². The lowest BCUT2D eigenvalue weighted by Gasteiger charge is -2.15. The second-order valence-electron chi connectivity index (χ2n) is 4.47. The summed E-state index contributed by atoms with van der Waals surface area (Å²) >= 11 is 0. The number of rotatable bonds is 4. The second-order valence-corrected chi connectivity index (χ2v) is 4.47. The van der Waals surface area contributed by atoms with Gasteiger partial charge in [0, 0.05) is 24.2 Å². The number of phenols is 2. The van der Waals surface area contributed by atoms with Crippen molar-refractivity contribution in [2.75, 3.05) is 0 Å². The Bertz CT molecular complexity index is 555. The molecule has 1 atom stereocenters. The molecule has 0 aliphatic carbocycles. The molecule has 0 aliphatic heterocycles. The van der Waals surface area contributed by atoms with Crippen molar-refractivity contribution in [2.45, 2.75) is 19.5 Å². The molecule has 0 aliphatic rings. The van der Waals surface area contributed by atoms with Gasteiger partial charge in [-0.05, 0) is 30.7 Å². The van der Waals surface area contributed by atoms with Crippen LogP contribution in [-0.4, -0.2) is 10.2 Å². The summed E-state index contributed by atoms with van der Waals surface area (Å²) in [5.41, 5.74) is 1.67. The van der Waals surface area contributed by atoms with Crippen LogP contribution < -0.4 is 5.32 Å². The monoisotopic (exact) mass is 261 g/mol. The summed E-state index contributed by atoms with van der Waals surface area (Å²) in [4.78, 5) is 0. The zero-order valence-corrected chi connectivity index (χ0v) is 10.6. The third-order valence-electron chi connectivity index (χ3n) is 3.04. The SMILES string of the molecule is C[C@@H](NCc1ccc(O)cc1O)c1ccc(F)cc1. The maximum Gasteiger partial charge on any atom is 0.123 e. The molecule has 4 heteroatoms. The smallest absolute Gasteiger partial charge is 0.123 e. The van der Waals surface area contributed by atoms with E-state index in [0.717, 1.165) is 5.56 Å². The van der Waals surface area contributed by atoms with E-state index in [9.17, 15) is 14.6 Å². The average molecular weight is 261 g/mol. The second kappa shape index (κ2) is 5.71. The van der Waals surface area contributed by atoms with Gasteiger partial charge in [0.2, 0.25) is 0 Å². The number of phenolic OH excluding ortho intramolecular Hbond substituents is 2. The van der Waals surface area contributed by atoms with E-state index in [-0.39, 0.29) is 23.4 Å². The fourth-order valence-electron chi connectivity index (χ4n) is 1.83. The van der Waals surface area contributed by atoms with Crippen molar-refractivity contribution in [2.24, 2.45) is 0 Å². The molecule has 100 valence electrons. The van der Waals surface area contributed by atoms with Gasteiger partial charge in [-0.2, -0.15) is 0 Å². The van der Waals surface area contributed by atoms with Crippen LogP contribution in [0, 0.1) is 5.82 Å². The van der Waals surface area contributed by atoms with E-state index in [0.29, 0.717) is 12.1 Å². The Labute approximate surface area is 111 Å². The molecule has 3 N–H and O–H groups in total. The van der Waals surface area contributed by atoms with Crippen LogP contribution in [0.5, 0.6) is 11.5 Å². The molecule has 0 aromatic heterocycles. The van der Waals surface area contributed by atoms with Crippen molar-refractivity contribution in [3.05, 3.63) is 59.4 Å². The zero-order chi connectivity index (χ0) is 13.8. The number of aromatic hydroxyl groups is 2. The van der Waals surface area contributed by atoms with E-state index >= 15 is 0 Å². The van der Waals surface area contributed by atoms with E-state index in [4.69, 9.17) is 0 Å². The summed E-state index contributed by atoms with van der Waals surface area (Å²) in [5, 5.41) is 22.1. The van der Waals surface area contributed by atoms with Gasteiger partial charge in [-0.15, -0.1) is 0 Å². The molecule has 0 fully saturated rings. The Hall–Kier alpha value is -2.07. The number of hydrogen-bond acceptors (Lipinski definition) is 3. The van der Waals surface area contributed by atoms with Crippen molar-refractivity contribution < 1.29 is 14.6 Å². The highest BCUT2D eigenvalue weighted by Crippen LogP contribution is 2.23. The van der Waals surface area contributed by atoms with Crippen LogP contribution >= 0.6 is 0 Å². The van der Waals surface area contributed by atoms with E-state index < -0.39 is 0 Å². The first-order chi connectivity index (χ1) is 9.06. The molecular formula is C15H16FNO2. The molecule has 0 amide bonds. The minimum Gasteiger partial charge on any atom is -0.508 e. The fraction of sp³-hybridized carbons (Fsp3) is 0.200. The van der Waals surface area contributed by atoms with Crippen molar-refractivity contribution in [3.8, 4) is 11.5 Å². The number of benzene rings is 2. The Morgan fingerprint density at radius 3 is 2.42 bits per heavy atom. The Kier molecular flexibility index (Phi) is 4.02. The van der Waals surface area contributed by atoms with Crippen LogP contribution in [0.4, 0.5) is 4.39 Å². The van der Waals surface area contributed by atoms with Gasteiger partial charge >= 0.3 is 0 Å². The van der Waals surface area contributed by atoms with Crippen molar-refractivity contribution in [1.29, 1.82) is 0 Å². The summed E-state index contributed by atoms with van der Waals surface area (Å²) in [5.74, 6) is -0.168. The highest BCUT2D eigenvalue weighted by molar-refractivity contribution is 5.38. The van der Waals surface area contributed by atoms with Crippen LogP contribution in [0.25, 0.3) is 0 Å². The van der Waals surface area contributed by atoms with Gasteiger partial charge in [0.05, 0.1) is 0 Å². The summed E-state index contributed by atoms with van der Waals surface area (Å²) in [7, 11) is 0. The molecule has 0 saturated heterocycles. The lowest BCUT2D eigenvalue weighted by molar-refractivity contribution is 0.441. The highest BCUT2D eigenvalue weighted by Gasteiger charge is 2.07. The highest BCUT2D eigenvalue weighted by atomic mass is 19.1. The van der Waals surface area contributed by atoms with Crippen LogP contribution in [0.2, 0.25) is 0 Å². The summed E-state index contributed by atoms with van der Waals surface area (Å²) in [6, 6.07) is 10.8. The zero-order valence-electron chi connectivity index (χ0n) is 10.6. The molecule has 0 bridgehead atoms. The van der Waals surface area contributed by atoms with E-state index in [1.807, 2.05) is 6.92 Å². The number of halogens is 1. The fourth-order valence-corrected chi connectivity index (χ4v) is 1.83. The van der Waals surface area contributed by atoms with Crippen molar-refractivity contribution >= 4 is 0 Å². The van der Waals surface area contributed by atoms with E-state index in [1.165, 1.54) is 24.3 Å². The van der Waals surface area contributed by atoms with Gasteiger partial charge in [-0.25, -0.2) is 4.39 Å². The quantitative estimate of drug-likeness (QED) is 0.792. The van der Waals surface area contributed by atoms with Crippen molar-refractivity contribution in [3.63, 3.8) is 0 Å². The van der Waals surface area contributed by atoms with Crippen LogP contribution in [0.15, 0.2) is 42.5 Å². The molecule has 2 aromatic rings. The van der Waals surface area contributed by atoms with E-state index in [1.54, 1.807) is 18.2 Å². The molecule has 0 radical (unpaired) electrons. The largest absolute Gasteiger partial charge is 0.508 e. The molecule has 0 unspecified atom stereocenters. The predicted molar refractivity (Wildman–Crippen MR) is 71.4 cm³/mol. The molecular weight excluding hydrogens is 245 g/mol. The minimum atomic E-state index is -0.257. The minimum absolute atomic E-state index is 0.0350. The maximum atomic E-state index is 12.8. The molecule has 2 rings (SSSR count). The molecule has 19 heavy (non-hydrogen) atoms. The predicted octanol–water partition coefficient (Wildman–Crippen LogP) is 3.09. The van der Waals surface area contributed by atoms with Gasteiger partial charge < -0.3 is 15.5 Å². The maximum absolute atomic E-state index is 12.8. The summed E-state index contributed by atoms with van der Waals surface area (Å²) < 4.78 is 12.8. The van der Waals surface area contributed by atoms with Crippen LogP contribution in [0.1, 0.15) is 24.1 Å². The van der Waals surface area contributed by atoms with Crippen LogP contribution in [-0.2, 0) is 6.54 Å². The van der Waals surface area contributed by atoms with Gasteiger partial charge in [-0.1, -0.05) is 18.2 Å². The molecule has 0 saturated carbocycles. The first-order valence-corrected chi connectivity index (χ1v) is 6.06. The standard InChI is InChI=1S/C15H16FNO2/c1-10(11-2-5-13(16)6-3-11)17-9-12-4-7-14(18)8-15(12)19/h2-8,10,17-19H,9H2,1H3/t10-/m1/s1. The lowest BCUT2D eigenvalue weighted by atomic mass is 10.1. The molecule has 0 spiro atoms. The number of nitrogens with one attached hydrogen (secondary N) is 1. The van der Waals surface area contributed by atoms with Crippen LogP contribution in [0.3, 0.4) is 0 Å². The van der Waals surface area contributed by atoms with Gasteiger partial charge in [0.25, 0.3) is 0 Å². The van der Waals surface area contributed by atoms with Gasteiger partial charge in [-0.3, -0.25) is 0 Å². The normalized spacial score (nSPS) is 12.3. The summed E-state index contributed by atoms with van der Waals surface area (Å²) in [6.45, 7) is 2.43. The molecule has 2 aromatic carbocycles. The first kappa shape index (κ1) is 13.4. The first-order valence-electron chi connectivity index (χ1n) is 6.06. The average Bonchev–Trinajstić information content (AvgIpc) is 2.38. The third kappa shape index (κ3) is 3.45. The lowest BCUT2D eigenvalue weighted by Crippen LogP contribution is -2.18. The topological polar surface area (TPSA) is 52.5 Å².